The number of hydrogen-bond donors (Lipinski definition) is 0. The van der Waals surface area contributed by atoms with Crippen LogP contribution in [-0.2, 0) is 9.53 Å². The maximum absolute atomic E-state index is 12.8. The Labute approximate surface area is 133 Å². The van der Waals surface area contributed by atoms with E-state index in [1.54, 1.807) is 12.1 Å². The average molecular weight is 313 g/mol. The number of para-hydroxylation sites is 1. The van der Waals surface area contributed by atoms with E-state index in [-0.39, 0.29) is 12.0 Å². The van der Waals surface area contributed by atoms with Crippen molar-refractivity contribution in [2.75, 3.05) is 5.01 Å². The standard InChI is InChI=1S/C17H13ClN2O2/c1-11-17(15(22-17)12-7-9-13(18)10-8-12)16(21)20(19-11)14-5-3-2-4-6-14/h2-10,15H,1H3/t15-,17-/m1/s1. The second kappa shape index (κ2) is 4.66. The molecule has 4 nitrogen and oxygen atoms in total. The first-order valence-electron chi connectivity index (χ1n) is 7.01. The van der Waals surface area contributed by atoms with Crippen molar-refractivity contribution in [1.29, 1.82) is 0 Å². The molecule has 1 amide bonds. The van der Waals surface area contributed by atoms with Gasteiger partial charge in [-0.25, -0.2) is 0 Å². The molecule has 0 saturated carbocycles. The summed E-state index contributed by atoms with van der Waals surface area (Å²) in [6.07, 6.45) is -0.297. The third kappa shape index (κ3) is 1.81. The fourth-order valence-corrected chi connectivity index (χ4v) is 2.98. The Hall–Kier alpha value is -2.17. The molecule has 2 aliphatic rings. The predicted molar refractivity (Wildman–Crippen MR) is 85.0 cm³/mol. The van der Waals surface area contributed by atoms with E-state index in [1.165, 1.54) is 5.01 Å². The molecular formula is C17H13ClN2O2. The summed E-state index contributed by atoms with van der Waals surface area (Å²) >= 11 is 5.91. The van der Waals surface area contributed by atoms with Crippen molar-refractivity contribution in [2.45, 2.75) is 18.6 Å². The molecule has 1 fully saturated rings. The van der Waals surface area contributed by atoms with Gasteiger partial charge in [-0.15, -0.1) is 0 Å². The molecule has 1 saturated heterocycles. The number of hydrogen-bond acceptors (Lipinski definition) is 3. The Bertz CT molecular complexity index is 773. The minimum Gasteiger partial charge on any atom is -0.344 e. The average Bonchev–Trinajstić information content (AvgIpc) is 3.25. The number of amides is 1. The Balaban J connectivity index is 1.67. The smallest absolute Gasteiger partial charge is 0.288 e. The van der Waals surface area contributed by atoms with Crippen LogP contribution in [0.3, 0.4) is 0 Å². The monoisotopic (exact) mass is 312 g/mol. The lowest BCUT2D eigenvalue weighted by molar-refractivity contribution is -0.120. The zero-order valence-electron chi connectivity index (χ0n) is 11.9. The van der Waals surface area contributed by atoms with Crippen LogP contribution in [0, 0.1) is 0 Å². The number of rotatable bonds is 2. The second-order valence-electron chi connectivity index (χ2n) is 5.42. The van der Waals surface area contributed by atoms with Crippen molar-refractivity contribution in [3.8, 4) is 0 Å². The van der Waals surface area contributed by atoms with E-state index in [9.17, 15) is 4.79 Å². The van der Waals surface area contributed by atoms with E-state index in [4.69, 9.17) is 16.3 Å². The molecule has 1 spiro atoms. The first-order chi connectivity index (χ1) is 10.6. The summed E-state index contributed by atoms with van der Waals surface area (Å²) in [7, 11) is 0. The molecular weight excluding hydrogens is 300 g/mol. The van der Waals surface area contributed by atoms with E-state index in [0.29, 0.717) is 10.7 Å². The minimum absolute atomic E-state index is 0.142. The topological polar surface area (TPSA) is 45.2 Å². The number of carbonyl (C=O) groups is 1. The SMILES string of the molecule is CC1=NN(c2ccccc2)C(=O)[C@@]12O[C@@H]2c1ccc(Cl)cc1. The molecule has 0 aromatic heterocycles. The summed E-state index contributed by atoms with van der Waals surface area (Å²) in [5.74, 6) is -0.142. The van der Waals surface area contributed by atoms with E-state index in [2.05, 4.69) is 5.10 Å². The van der Waals surface area contributed by atoms with Gasteiger partial charge in [0.15, 0.2) is 0 Å². The molecule has 0 radical (unpaired) electrons. The molecule has 5 heteroatoms. The number of anilines is 1. The van der Waals surface area contributed by atoms with Gasteiger partial charge in [0.2, 0.25) is 5.60 Å². The first-order valence-corrected chi connectivity index (χ1v) is 7.39. The summed E-state index contributed by atoms with van der Waals surface area (Å²) in [6, 6.07) is 16.7. The molecule has 4 rings (SSSR count). The van der Waals surface area contributed by atoms with Crippen LogP contribution in [0.4, 0.5) is 5.69 Å². The quantitative estimate of drug-likeness (QED) is 0.796. The van der Waals surface area contributed by atoms with Gasteiger partial charge < -0.3 is 4.74 Å². The van der Waals surface area contributed by atoms with Gasteiger partial charge in [-0.3, -0.25) is 4.79 Å². The zero-order valence-corrected chi connectivity index (χ0v) is 12.6. The highest BCUT2D eigenvalue weighted by atomic mass is 35.5. The highest BCUT2D eigenvalue weighted by molar-refractivity contribution is 6.30. The van der Waals surface area contributed by atoms with Crippen molar-refractivity contribution in [2.24, 2.45) is 5.10 Å². The van der Waals surface area contributed by atoms with Crippen molar-refractivity contribution in [3.05, 3.63) is 65.2 Å². The number of ether oxygens (including phenoxy) is 1. The van der Waals surface area contributed by atoms with Gasteiger partial charge in [-0.2, -0.15) is 10.1 Å². The van der Waals surface area contributed by atoms with Gasteiger partial charge in [-0.1, -0.05) is 41.9 Å². The highest BCUT2D eigenvalue weighted by Crippen LogP contribution is 2.54. The normalized spacial score (nSPS) is 26.5. The fraction of sp³-hybridized carbons (Fsp3) is 0.176. The molecule has 2 aromatic carbocycles. The van der Waals surface area contributed by atoms with Crippen LogP contribution in [0.15, 0.2) is 59.7 Å². The molecule has 0 N–H and O–H groups in total. The Morgan fingerprint density at radius 2 is 1.82 bits per heavy atom. The molecule has 0 aliphatic carbocycles. The Kier molecular flexibility index (Phi) is 2.86. The highest BCUT2D eigenvalue weighted by Gasteiger charge is 2.69. The van der Waals surface area contributed by atoms with E-state index in [1.807, 2.05) is 49.4 Å². The van der Waals surface area contributed by atoms with Crippen LogP contribution in [0.5, 0.6) is 0 Å². The molecule has 2 aromatic rings. The Morgan fingerprint density at radius 3 is 2.50 bits per heavy atom. The van der Waals surface area contributed by atoms with Gasteiger partial charge >= 0.3 is 0 Å². The van der Waals surface area contributed by atoms with Gasteiger partial charge in [0.1, 0.15) is 6.10 Å². The van der Waals surface area contributed by atoms with Gasteiger partial charge in [0, 0.05) is 5.02 Å². The lowest BCUT2D eigenvalue weighted by Crippen LogP contribution is -2.35. The van der Waals surface area contributed by atoms with Crippen molar-refractivity contribution < 1.29 is 9.53 Å². The molecule has 2 aliphatic heterocycles. The third-order valence-corrected chi connectivity index (χ3v) is 4.34. The fourth-order valence-electron chi connectivity index (χ4n) is 2.86. The summed E-state index contributed by atoms with van der Waals surface area (Å²) < 4.78 is 5.80. The third-order valence-electron chi connectivity index (χ3n) is 4.09. The number of epoxide rings is 1. The van der Waals surface area contributed by atoms with Crippen LogP contribution in [0.1, 0.15) is 18.6 Å². The predicted octanol–water partition coefficient (Wildman–Crippen LogP) is 3.57. The number of halogens is 1. The maximum Gasteiger partial charge on any atom is 0.288 e. The van der Waals surface area contributed by atoms with E-state index >= 15 is 0 Å². The van der Waals surface area contributed by atoms with Crippen LogP contribution in [0.25, 0.3) is 0 Å². The maximum atomic E-state index is 12.8. The number of carbonyl (C=O) groups excluding carboxylic acids is 1. The van der Waals surface area contributed by atoms with Crippen LogP contribution >= 0.6 is 11.6 Å². The lowest BCUT2D eigenvalue weighted by atomic mass is 9.95. The van der Waals surface area contributed by atoms with E-state index in [0.717, 1.165) is 11.3 Å². The van der Waals surface area contributed by atoms with Gasteiger partial charge in [-0.05, 0) is 36.8 Å². The number of nitrogens with zero attached hydrogens (tertiary/aromatic N) is 2. The summed E-state index contributed by atoms with van der Waals surface area (Å²) in [4.78, 5) is 12.8. The molecule has 22 heavy (non-hydrogen) atoms. The van der Waals surface area contributed by atoms with Crippen molar-refractivity contribution in [1.82, 2.24) is 0 Å². The summed E-state index contributed by atoms with van der Waals surface area (Å²) in [5, 5.41) is 6.48. The van der Waals surface area contributed by atoms with Crippen molar-refractivity contribution >= 4 is 28.9 Å². The van der Waals surface area contributed by atoms with Gasteiger partial charge in [0.25, 0.3) is 5.91 Å². The van der Waals surface area contributed by atoms with Crippen LogP contribution in [0.2, 0.25) is 5.02 Å². The van der Waals surface area contributed by atoms with E-state index < -0.39 is 5.60 Å². The largest absolute Gasteiger partial charge is 0.344 e. The summed E-state index contributed by atoms with van der Waals surface area (Å²) in [5.41, 5.74) is 1.40. The zero-order chi connectivity index (χ0) is 15.3. The summed E-state index contributed by atoms with van der Waals surface area (Å²) in [6.45, 7) is 1.83. The van der Waals surface area contributed by atoms with Crippen LogP contribution < -0.4 is 5.01 Å². The van der Waals surface area contributed by atoms with Crippen molar-refractivity contribution in [3.63, 3.8) is 0 Å². The molecule has 0 bridgehead atoms. The van der Waals surface area contributed by atoms with Crippen LogP contribution in [-0.4, -0.2) is 17.2 Å². The lowest BCUT2D eigenvalue weighted by Gasteiger charge is -2.12. The molecule has 2 heterocycles. The molecule has 110 valence electrons. The second-order valence-corrected chi connectivity index (χ2v) is 5.86. The minimum atomic E-state index is -0.955. The Morgan fingerprint density at radius 1 is 1.14 bits per heavy atom. The number of hydrazone groups is 1. The molecule has 0 unspecified atom stereocenters. The molecule has 2 atom stereocenters. The van der Waals surface area contributed by atoms with Gasteiger partial charge in [0.05, 0.1) is 11.4 Å². The first kappa shape index (κ1) is 13.5. The number of benzene rings is 2.